The topological polar surface area (TPSA) is 56.8 Å². The van der Waals surface area contributed by atoms with Crippen molar-refractivity contribution in [1.82, 2.24) is 0 Å². The van der Waals surface area contributed by atoms with Gasteiger partial charge in [-0.2, -0.15) is 0 Å². The molecule has 5 nitrogen and oxygen atoms in total. The zero-order valence-corrected chi connectivity index (χ0v) is 13.3. The first-order valence-corrected chi connectivity index (χ1v) is 7.01. The molecule has 23 heavy (non-hydrogen) atoms. The Balaban J connectivity index is 2.05. The van der Waals surface area contributed by atoms with Crippen molar-refractivity contribution in [2.24, 2.45) is 0 Å². The fourth-order valence-electron chi connectivity index (χ4n) is 2.01. The first kappa shape index (κ1) is 16.4. The van der Waals surface area contributed by atoms with Gasteiger partial charge in [0.1, 0.15) is 5.75 Å². The predicted octanol–water partition coefficient (Wildman–Crippen LogP) is 3.36. The van der Waals surface area contributed by atoms with Crippen LogP contribution in [0.25, 0.3) is 6.08 Å². The molecule has 2 rings (SSSR count). The molecule has 0 unspecified atom stereocenters. The van der Waals surface area contributed by atoms with Crippen LogP contribution in [0, 0.1) is 0 Å². The molecule has 0 saturated heterocycles. The largest absolute Gasteiger partial charge is 0.497 e. The minimum atomic E-state index is -0.229. The zero-order chi connectivity index (χ0) is 16.7. The van der Waals surface area contributed by atoms with Gasteiger partial charge in [0.15, 0.2) is 11.5 Å². The molecule has 0 bridgehead atoms. The van der Waals surface area contributed by atoms with Crippen LogP contribution in [0.15, 0.2) is 48.5 Å². The summed E-state index contributed by atoms with van der Waals surface area (Å²) < 4.78 is 15.5. The number of methoxy groups -OCH3 is 3. The summed E-state index contributed by atoms with van der Waals surface area (Å²) in [6, 6.07) is 12.6. The number of amides is 1. The molecule has 0 aromatic heterocycles. The molecular weight excluding hydrogens is 294 g/mol. The third kappa shape index (κ3) is 4.51. The van der Waals surface area contributed by atoms with E-state index < -0.39 is 0 Å². The molecule has 0 aliphatic heterocycles. The highest BCUT2D eigenvalue weighted by molar-refractivity contribution is 6.02. The van der Waals surface area contributed by atoms with E-state index in [4.69, 9.17) is 14.2 Å². The average Bonchev–Trinajstić information content (AvgIpc) is 2.59. The molecule has 0 aliphatic carbocycles. The molecule has 5 heteroatoms. The van der Waals surface area contributed by atoms with E-state index in [1.54, 1.807) is 51.7 Å². The van der Waals surface area contributed by atoms with Gasteiger partial charge in [0, 0.05) is 17.8 Å². The lowest BCUT2D eigenvalue weighted by Crippen LogP contribution is -2.07. The Labute approximate surface area is 135 Å². The number of carbonyl (C=O) groups excluding carboxylic acids is 1. The van der Waals surface area contributed by atoms with Gasteiger partial charge in [-0.1, -0.05) is 12.1 Å². The molecule has 0 heterocycles. The van der Waals surface area contributed by atoms with E-state index in [0.29, 0.717) is 22.9 Å². The quantitative estimate of drug-likeness (QED) is 0.831. The Morgan fingerprint density at radius 3 is 2.43 bits per heavy atom. The van der Waals surface area contributed by atoms with Gasteiger partial charge in [-0.05, 0) is 35.9 Å². The summed E-state index contributed by atoms with van der Waals surface area (Å²) in [5.41, 5.74) is 1.51. The van der Waals surface area contributed by atoms with Gasteiger partial charge in [-0.3, -0.25) is 4.79 Å². The maximum absolute atomic E-state index is 12.0. The zero-order valence-electron chi connectivity index (χ0n) is 13.3. The van der Waals surface area contributed by atoms with Crippen molar-refractivity contribution < 1.29 is 19.0 Å². The second-order valence-electron chi connectivity index (χ2n) is 4.67. The van der Waals surface area contributed by atoms with Gasteiger partial charge in [-0.15, -0.1) is 0 Å². The highest BCUT2D eigenvalue weighted by atomic mass is 16.5. The lowest BCUT2D eigenvalue weighted by Gasteiger charge is -2.07. The molecule has 0 saturated carbocycles. The van der Waals surface area contributed by atoms with Crippen molar-refractivity contribution in [3.05, 3.63) is 54.1 Å². The van der Waals surface area contributed by atoms with E-state index in [1.165, 1.54) is 6.08 Å². The van der Waals surface area contributed by atoms with E-state index in [-0.39, 0.29) is 5.91 Å². The second-order valence-corrected chi connectivity index (χ2v) is 4.67. The fraction of sp³-hybridized carbons (Fsp3) is 0.167. The van der Waals surface area contributed by atoms with Gasteiger partial charge < -0.3 is 19.5 Å². The lowest BCUT2D eigenvalue weighted by molar-refractivity contribution is -0.111. The lowest BCUT2D eigenvalue weighted by atomic mass is 10.2. The summed E-state index contributed by atoms with van der Waals surface area (Å²) in [7, 11) is 4.73. The Hall–Kier alpha value is -2.95. The molecule has 1 N–H and O–H groups in total. The first-order chi connectivity index (χ1) is 11.2. The van der Waals surface area contributed by atoms with E-state index in [2.05, 4.69) is 5.32 Å². The van der Waals surface area contributed by atoms with Gasteiger partial charge in [0.25, 0.3) is 0 Å². The van der Waals surface area contributed by atoms with E-state index in [1.807, 2.05) is 18.2 Å². The SMILES string of the molecule is COc1cccc(NC(=O)/C=C/c2ccc(OC)c(OC)c2)c1. The van der Waals surface area contributed by atoms with Crippen molar-refractivity contribution in [1.29, 1.82) is 0 Å². The van der Waals surface area contributed by atoms with E-state index >= 15 is 0 Å². The van der Waals surface area contributed by atoms with Crippen LogP contribution in [0.3, 0.4) is 0 Å². The number of nitrogens with one attached hydrogen (secondary N) is 1. The Kier molecular flexibility index (Phi) is 5.63. The maximum Gasteiger partial charge on any atom is 0.248 e. The van der Waals surface area contributed by atoms with Crippen molar-refractivity contribution in [3.8, 4) is 17.2 Å². The van der Waals surface area contributed by atoms with Crippen molar-refractivity contribution in [2.45, 2.75) is 0 Å². The van der Waals surface area contributed by atoms with Crippen molar-refractivity contribution >= 4 is 17.7 Å². The minimum Gasteiger partial charge on any atom is -0.497 e. The summed E-state index contributed by atoms with van der Waals surface area (Å²) in [5, 5.41) is 2.78. The monoisotopic (exact) mass is 313 g/mol. The van der Waals surface area contributed by atoms with Crippen LogP contribution in [-0.4, -0.2) is 27.2 Å². The number of hydrogen-bond donors (Lipinski definition) is 1. The van der Waals surface area contributed by atoms with Crippen LogP contribution in [0.1, 0.15) is 5.56 Å². The standard InChI is InChI=1S/C18H19NO4/c1-21-15-6-4-5-14(12-15)19-18(20)10-8-13-7-9-16(22-2)17(11-13)23-3/h4-12H,1-3H3,(H,19,20)/b10-8+. The predicted molar refractivity (Wildman–Crippen MR) is 90.2 cm³/mol. The molecule has 0 atom stereocenters. The first-order valence-electron chi connectivity index (χ1n) is 7.01. The van der Waals surface area contributed by atoms with Crippen molar-refractivity contribution in [3.63, 3.8) is 0 Å². The molecule has 0 radical (unpaired) electrons. The van der Waals surface area contributed by atoms with Crippen LogP contribution in [0.2, 0.25) is 0 Å². The Bertz CT molecular complexity index is 710. The molecule has 0 spiro atoms. The number of ether oxygens (including phenoxy) is 3. The molecule has 2 aromatic rings. The Morgan fingerprint density at radius 1 is 0.957 bits per heavy atom. The molecule has 0 fully saturated rings. The van der Waals surface area contributed by atoms with Gasteiger partial charge >= 0.3 is 0 Å². The summed E-state index contributed by atoms with van der Waals surface area (Å²) in [4.78, 5) is 12.0. The molecule has 0 aliphatic rings. The fourth-order valence-corrected chi connectivity index (χ4v) is 2.01. The van der Waals surface area contributed by atoms with Gasteiger partial charge in [0.05, 0.1) is 21.3 Å². The van der Waals surface area contributed by atoms with Gasteiger partial charge in [0.2, 0.25) is 5.91 Å². The smallest absolute Gasteiger partial charge is 0.248 e. The molecule has 1 amide bonds. The molecule has 120 valence electrons. The summed E-state index contributed by atoms with van der Waals surface area (Å²) in [6.07, 6.45) is 3.16. The second kappa shape index (κ2) is 7.89. The minimum absolute atomic E-state index is 0.229. The third-order valence-corrected chi connectivity index (χ3v) is 3.17. The van der Waals surface area contributed by atoms with Crippen LogP contribution in [0.4, 0.5) is 5.69 Å². The number of carbonyl (C=O) groups is 1. The van der Waals surface area contributed by atoms with Crippen LogP contribution < -0.4 is 19.5 Å². The average molecular weight is 313 g/mol. The number of anilines is 1. The third-order valence-electron chi connectivity index (χ3n) is 3.17. The highest BCUT2D eigenvalue weighted by Gasteiger charge is 2.03. The van der Waals surface area contributed by atoms with Gasteiger partial charge in [-0.25, -0.2) is 0 Å². The maximum atomic E-state index is 12.0. The molecular formula is C18H19NO4. The summed E-state index contributed by atoms with van der Waals surface area (Å²) in [5.74, 6) is 1.72. The number of rotatable bonds is 6. The highest BCUT2D eigenvalue weighted by Crippen LogP contribution is 2.28. The van der Waals surface area contributed by atoms with Crippen LogP contribution in [-0.2, 0) is 4.79 Å². The number of benzene rings is 2. The normalized spacial score (nSPS) is 10.4. The Morgan fingerprint density at radius 2 is 1.74 bits per heavy atom. The summed E-state index contributed by atoms with van der Waals surface area (Å²) in [6.45, 7) is 0. The molecule has 2 aromatic carbocycles. The van der Waals surface area contributed by atoms with E-state index in [9.17, 15) is 4.79 Å². The van der Waals surface area contributed by atoms with Crippen LogP contribution in [0.5, 0.6) is 17.2 Å². The van der Waals surface area contributed by atoms with E-state index in [0.717, 1.165) is 5.56 Å². The number of hydrogen-bond acceptors (Lipinski definition) is 4. The summed E-state index contributed by atoms with van der Waals surface area (Å²) >= 11 is 0. The van der Waals surface area contributed by atoms with Crippen molar-refractivity contribution in [2.75, 3.05) is 26.6 Å². The van der Waals surface area contributed by atoms with Crippen LogP contribution >= 0.6 is 0 Å².